The van der Waals surface area contributed by atoms with Crippen LogP contribution in [0.15, 0.2) is 0 Å². The second kappa shape index (κ2) is 19.8. The number of esters is 2. The number of carbonyl (C=O) groups is 2. The summed E-state index contributed by atoms with van der Waals surface area (Å²) in [4.78, 5) is 23.5. The first-order valence-electron chi connectivity index (χ1n) is 10.6. The van der Waals surface area contributed by atoms with Gasteiger partial charge in [0.05, 0.1) is 0 Å². The summed E-state index contributed by atoms with van der Waals surface area (Å²) in [5.41, 5.74) is -1.98. The zero-order valence-corrected chi connectivity index (χ0v) is 21.3. The Labute approximate surface area is 198 Å². The molecule has 0 aromatic heterocycles. The third kappa shape index (κ3) is 19.6. The molecule has 0 rings (SSSR count). The standard InChI is InChI=1S/C20H38O7S.Na/c1-3-5-7-9-11-13-15-18(21)26-17-20(28(23,24)25)27-19(22)16-14-12-10-8-6-4-2;/h20H,3-17H2,1-2H3,(H,23,24,25);/q;+1/p-1. The molecule has 0 spiro atoms. The first kappa shape index (κ1) is 31.0. The van der Waals surface area contributed by atoms with E-state index >= 15 is 0 Å². The van der Waals surface area contributed by atoms with Gasteiger partial charge in [-0.15, -0.1) is 0 Å². The van der Waals surface area contributed by atoms with E-state index in [-0.39, 0.29) is 42.4 Å². The summed E-state index contributed by atoms with van der Waals surface area (Å²) in [6.45, 7) is 3.49. The van der Waals surface area contributed by atoms with E-state index in [0.29, 0.717) is 12.8 Å². The molecule has 0 saturated heterocycles. The topological polar surface area (TPSA) is 110 Å². The van der Waals surface area contributed by atoms with E-state index in [9.17, 15) is 22.6 Å². The second-order valence-electron chi connectivity index (χ2n) is 7.13. The van der Waals surface area contributed by atoms with Crippen LogP contribution >= 0.6 is 0 Å². The first-order valence-corrected chi connectivity index (χ1v) is 12.1. The molecule has 9 heteroatoms. The smallest absolute Gasteiger partial charge is 0.745 e. The van der Waals surface area contributed by atoms with Crippen LogP contribution in [-0.2, 0) is 29.2 Å². The van der Waals surface area contributed by atoms with Gasteiger partial charge in [-0.25, -0.2) is 8.42 Å². The zero-order chi connectivity index (χ0) is 21.3. The minimum Gasteiger partial charge on any atom is -0.745 e. The number of carbonyl (C=O) groups excluding carboxylic acids is 2. The molecule has 0 bridgehead atoms. The fraction of sp³-hybridized carbons (Fsp3) is 0.900. The number of rotatable bonds is 18. The minimum absolute atomic E-state index is 0. The zero-order valence-electron chi connectivity index (χ0n) is 18.4. The van der Waals surface area contributed by atoms with Crippen LogP contribution in [0.25, 0.3) is 0 Å². The quantitative estimate of drug-likeness (QED) is 0.136. The van der Waals surface area contributed by atoms with Crippen molar-refractivity contribution in [1.82, 2.24) is 0 Å². The molecule has 0 aliphatic carbocycles. The summed E-state index contributed by atoms with van der Waals surface area (Å²) < 4.78 is 43.4. The molecule has 0 heterocycles. The van der Waals surface area contributed by atoms with E-state index < -0.39 is 34.1 Å². The van der Waals surface area contributed by atoms with Gasteiger partial charge in [0, 0.05) is 12.8 Å². The normalized spacial score (nSPS) is 12.1. The Hall–Kier alpha value is -0.150. The molecule has 0 fully saturated rings. The summed E-state index contributed by atoms with van der Waals surface area (Å²) >= 11 is 0. The molecule has 166 valence electrons. The fourth-order valence-corrected chi connectivity index (χ4v) is 3.17. The fourth-order valence-electron chi connectivity index (χ4n) is 2.71. The van der Waals surface area contributed by atoms with Gasteiger partial charge < -0.3 is 14.0 Å². The van der Waals surface area contributed by atoms with E-state index in [1.165, 1.54) is 0 Å². The van der Waals surface area contributed by atoms with Crippen molar-refractivity contribution in [3.05, 3.63) is 0 Å². The van der Waals surface area contributed by atoms with Crippen LogP contribution in [0.2, 0.25) is 0 Å². The van der Waals surface area contributed by atoms with Crippen LogP contribution in [0.1, 0.15) is 104 Å². The van der Waals surface area contributed by atoms with Gasteiger partial charge in [-0.1, -0.05) is 78.1 Å². The van der Waals surface area contributed by atoms with Crippen LogP contribution in [0.3, 0.4) is 0 Å². The van der Waals surface area contributed by atoms with Gasteiger partial charge in [-0.2, -0.15) is 0 Å². The Morgan fingerprint density at radius 2 is 1.17 bits per heavy atom. The van der Waals surface area contributed by atoms with Crippen LogP contribution < -0.4 is 29.6 Å². The third-order valence-corrected chi connectivity index (χ3v) is 5.31. The third-order valence-electron chi connectivity index (χ3n) is 4.43. The van der Waals surface area contributed by atoms with Gasteiger partial charge in [0.25, 0.3) is 0 Å². The molecule has 0 aromatic rings. The maximum Gasteiger partial charge on any atom is 1.00 e. The van der Waals surface area contributed by atoms with E-state index in [0.717, 1.165) is 64.2 Å². The Bertz CT molecular complexity index is 523. The van der Waals surface area contributed by atoms with Gasteiger partial charge in [-0.05, 0) is 12.8 Å². The summed E-state index contributed by atoms with van der Waals surface area (Å²) in [5.74, 6) is -1.34. The monoisotopic (exact) mass is 444 g/mol. The van der Waals surface area contributed by atoms with Crippen molar-refractivity contribution in [3.8, 4) is 0 Å². The Morgan fingerprint density at radius 1 is 0.759 bits per heavy atom. The molecule has 1 atom stereocenters. The molecule has 0 saturated carbocycles. The Morgan fingerprint density at radius 3 is 1.62 bits per heavy atom. The first-order chi connectivity index (χ1) is 13.3. The van der Waals surface area contributed by atoms with E-state index in [1.54, 1.807) is 0 Å². The molecule has 0 aromatic carbocycles. The van der Waals surface area contributed by atoms with Gasteiger partial charge in [-0.3, -0.25) is 9.59 Å². The van der Waals surface area contributed by atoms with Crippen molar-refractivity contribution in [2.45, 2.75) is 109 Å². The van der Waals surface area contributed by atoms with Crippen molar-refractivity contribution in [1.29, 1.82) is 0 Å². The molecule has 7 nitrogen and oxygen atoms in total. The molecule has 1 unspecified atom stereocenters. The van der Waals surface area contributed by atoms with Crippen LogP contribution in [0, 0.1) is 0 Å². The van der Waals surface area contributed by atoms with Crippen LogP contribution in [-0.4, -0.2) is 37.0 Å². The Kier molecular flexibility index (Phi) is 21.2. The number of hydrogen-bond donors (Lipinski definition) is 0. The van der Waals surface area contributed by atoms with Crippen molar-refractivity contribution >= 4 is 22.1 Å². The maximum absolute atomic E-state index is 11.8. The molecular weight excluding hydrogens is 407 g/mol. The summed E-state index contributed by atoms with van der Waals surface area (Å²) in [6.07, 6.45) is 12.0. The van der Waals surface area contributed by atoms with Crippen molar-refractivity contribution < 1.29 is 61.6 Å². The van der Waals surface area contributed by atoms with E-state index in [1.807, 2.05) is 0 Å². The Balaban J connectivity index is 0. The van der Waals surface area contributed by atoms with E-state index in [2.05, 4.69) is 13.8 Å². The number of unbranched alkanes of at least 4 members (excludes halogenated alkanes) is 10. The predicted molar refractivity (Wildman–Crippen MR) is 107 cm³/mol. The molecule has 0 aliphatic rings. The van der Waals surface area contributed by atoms with Crippen molar-refractivity contribution in [2.24, 2.45) is 0 Å². The SMILES string of the molecule is CCCCCCCCC(=O)OCC(OC(=O)CCCCCCCC)S(=O)(=O)[O-].[Na+]. The maximum atomic E-state index is 11.8. The van der Waals surface area contributed by atoms with Crippen molar-refractivity contribution in [2.75, 3.05) is 6.61 Å². The van der Waals surface area contributed by atoms with Gasteiger partial charge >= 0.3 is 41.5 Å². The van der Waals surface area contributed by atoms with Crippen LogP contribution in [0.4, 0.5) is 0 Å². The van der Waals surface area contributed by atoms with Gasteiger partial charge in [0.15, 0.2) is 0 Å². The molecular formula is C20H37NaO7S. The predicted octanol–water partition coefficient (Wildman–Crippen LogP) is 1.45. The summed E-state index contributed by atoms with van der Waals surface area (Å²) in [6, 6.07) is 0. The molecule has 29 heavy (non-hydrogen) atoms. The minimum atomic E-state index is -4.90. The largest absolute Gasteiger partial charge is 1.00 e. The average molecular weight is 445 g/mol. The second-order valence-corrected chi connectivity index (χ2v) is 8.64. The molecule has 0 N–H and O–H groups in total. The van der Waals surface area contributed by atoms with Crippen LogP contribution in [0.5, 0.6) is 0 Å². The van der Waals surface area contributed by atoms with Crippen molar-refractivity contribution in [3.63, 3.8) is 0 Å². The van der Waals surface area contributed by atoms with Gasteiger partial charge in [0.2, 0.25) is 5.44 Å². The van der Waals surface area contributed by atoms with Gasteiger partial charge in [0.1, 0.15) is 16.7 Å². The summed E-state index contributed by atoms with van der Waals surface area (Å²) in [7, 11) is -4.90. The molecule has 0 amide bonds. The number of hydrogen-bond acceptors (Lipinski definition) is 7. The average Bonchev–Trinajstić information content (AvgIpc) is 2.63. The molecule has 0 radical (unpaired) electrons. The van der Waals surface area contributed by atoms with E-state index in [4.69, 9.17) is 9.47 Å². The molecule has 0 aliphatic heterocycles. The number of ether oxygens (including phenoxy) is 2. The summed E-state index contributed by atoms with van der Waals surface area (Å²) in [5, 5.41) is 0.